The van der Waals surface area contributed by atoms with Crippen LogP contribution < -0.4 is 5.32 Å². The molecule has 2 fully saturated rings. The van der Waals surface area contributed by atoms with E-state index in [9.17, 15) is 8.42 Å². The van der Waals surface area contributed by atoms with Gasteiger partial charge in [0, 0.05) is 37.5 Å². The molecule has 0 aromatic heterocycles. The summed E-state index contributed by atoms with van der Waals surface area (Å²) in [7, 11) is -2.80. The molecule has 4 nitrogen and oxygen atoms in total. The lowest BCUT2D eigenvalue weighted by Gasteiger charge is -2.15. The fourth-order valence-corrected chi connectivity index (χ4v) is 3.01. The second-order valence-corrected chi connectivity index (χ2v) is 7.37. The Morgan fingerprint density at radius 2 is 2.06 bits per heavy atom. The van der Waals surface area contributed by atoms with Crippen LogP contribution in [0.4, 0.5) is 0 Å². The van der Waals surface area contributed by atoms with Crippen molar-refractivity contribution in [3.8, 4) is 0 Å². The molecule has 1 heterocycles. The summed E-state index contributed by atoms with van der Waals surface area (Å²) in [5.41, 5.74) is 0. The van der Waals surface area contributed by atoms with E-state index in [0.29, 0.717) is 12.6 Å². The van der Waals surface area contributed by atoms with Gasteiger partial charge in [0.25, 0.3) is 0 Å². The number of nitrogens with zero attached hydrogens (tertiary/aromatic N) is 1. The highest BCUT2D eigenvalue weighted by molar-refractivity contribution is 7.91. The molecule has 1 aliphatic carbocycles. The predicted molar refractivity (Wildman–Crippen MR) is 65.3 cm³/mol. The van der Waals surface area contributed by atoms with Crippen LogP contribution in [-0.2, 0) is 9.84 Å². The lowest BCUT2D eigenvalue weighted by molar-refractivity contribution is 0.318. The molecule has 0 spiro atoms. The molecule has 0 aromatic rings. The normalized spacial score (nSPS) is 27.4. The van der Waals surface area contributed by atoms with E-state index in [1.807, 2.05) is 0 Å². The van der Waals surface area contributed by atoms with Crippen molar-refractivity contribution >= 4 is 9.84 Å². The third-order valence-corrected chi connectivity index (χ3v) is 5.27. The molecular formula is C11H22N2O2S. The van der Waals surface area contributed by atoms with E-state index in [1.54, 1.807) is 6.92 Å². The maximum absolute atomic E-state index is 11.3. The van der Waals surface area contributed by atoms with Crippen LogP contribution in [0.15, 0.2) is 0 Å². The van der Waals surface area contributed by atoms with Gasteiger partial charge in [0.05, 0.1) is 5.75 Å². The van der Waals surface area contributed by atoms with E-state index in [2.05, 4.69) is 10.2 Å². The van der Waals surface area contributed by atoms with Gasteiger partial charge in [0.15, 0.2) is 9.84 Å². The summed E-state index contributed by atoms with van der Waals surface area (Å²) in [6.45, 7) is 4.61. The number of sulfone groups is 1. The van der Waals surface area contributed by atoms with E-state index in [0.717, 1.165) is 12.6 Å². The number of likely N-dealkylation sites (tertiary alicyclic amines) is 1. The smallest absolute Gasteiger partial charge is 0.151 e. The molecule has 1 saturated carbocycles. The van der Waals surface area contributed by atoms with Crippen molar-refractivity contribution < 1.29 is 8.42 Å². The highest BCUT2D eigenvalue weighted by atomic mass is 32.2. The fourth-order valence-electron chi connectivity index (χ4n) is 2.29. The van der Waals surface area contributed by atoms with Crippen molar-refractivity contribution in [2.75, 3.05) is 31.1 Å². The van der Waals surface area contributed by atoms with Crippen molar-refractivity contribution in [1.82, 2.24) is 10.2 Å². The van der Waals surface area contributed by atoms with Gasteiger partial charge in [-0.2, -0.15) is 0 Å². The zero-order valence-electron chi connectivity index (χ0n) is 9.98. The minimum atomic E-state index is -2.80. The van der Waals surface area contributed by atoms with Crippen LogP contribution in [0.1, 0.15) is 26.2 Å². The van der Waals surface area contributed by atoms with E-state index < -0.39 is 9.84 Å². The quantitative estimate of drug-likeness (QED) is 0.730. The summed E-state index contributed by atoms with van der Waals surface area (Å²) in [6, 6.07) is 1.35. The first kappa shape index (κ1) is 12.3. The van der Waals surface area contributed by atoms with Crippen molar-refractivity contribution in [2.24, 2.45) is 0 Å². The summed E-state index contributed by atoms with van der Waals surface area (Å²) in [4.78, 5) is 2.53. The first-order valence-corrected chi connectivity index (χ1v) is 8.11. The molecule has 1 saturated heterocycles. The van der Waals surface area contributed by atoms with Gasteiger partial charge in [-0.25, -0.2) is 8.42 Å². The Kier molecular flexibility index (Phi) is 3.87. The Morgan fingerprint density at radius 1 is 1.31 bits per heavy atom. The topological polar surface area (TPSA) is 49.4 Å². The highest BCUT2D eigenvalue weighted by Crippen LogP contribution is 2.29. The molecule has 5 heteroatoms. The molecule has 1 atom stereocenters. The zero-order chi connectivity index (χ0) is 11.6. The van der Waals surface area contributed by atoms with Crippen LogP contribution in [0.25, 0.3) is 0 Å². The van der Waals surface area contributed by atoms with Gasteiger partial charge >= 0.3 is 0 Å². The average Bonchev–Trinajstić information content (AvgIpc) is 3.00. The Balaban J connectivity index is 1.64. The van der Waals surface area contributed by atoms with E-state index >= 15 is 0 Å². The maximum Gasteiger partial charge on any atom is 0.151 e. The predicted octanol–water partition coefficient (Wildman–Crippen LogP) is 0.247. The van der Waals surface area contributed by atoms with Crippen LogP contribution in [-0.4, -0.2) is 56.5 Å². The molecule has 0 amide bonds. The molecular weight excluding hydrogens is 224 g/mol. The van der Waals surface area contributed by atoms with E-state index in [-0.39, 0.29) is 11.5 Å². The number of nitrogens with one attached hydrogen (secondary N) is 1. The largest absolute Gasteiger partial charge is 0.312 e. The van der Waals surface area contributed by atoms with Gasteiger partial charge < -0.3 is 5.32 Å². The Morgan fingerprint density at radius 3 is 2.69 bits per heavy atom. The van der Waals surface area contributed by atoms with Gasteiger partial charge in [0.1, 0.15) is 0 Å². The van der Waals surface area contributed by atoms with Crippen molar-refractivity contribution in [3.05, 3.63) is 0 Å². The van der Waals surface area contributed by atoms with Crippen molar-refractivity contribution in [3.63, 3.8) is 0 Å². The van der Waals surface area contributed by atoms with Crippen molar-refractivity contribution in [1.29, 1.82) is 0 Å². The molecule has 2 rings (SSSR count). The van der Waals surface area contributed by atoms with Gasteiger partial charge in [-0.15, -0.1) is 0 Å². The van der Waals surface area contributed by atoms with Gasteiger partial charge in [-0.05, 0) is 19.3 Å². The monoisotopic (exact) mass is 246 g/mol. The van der Waals surface area contributed by atoms with Gasteiger partial charge in [-0.3, -0.25) is 4.90 Å². The van der Waals surface area contributed by atoms with Gasteiger partial charge in [-0.1, -0.05) is 6.92 Å². The molecule has 1 unspecified atom stereocenters. The summed E-state index contributed by atoms with van der Waals surface area (Å²) in [5.74, 6) is 0.539. The second kappa shape index (κ2) is 5.02. The lowest BCUT2D eigenvalue weighted by Crippen LogP contribution is -2.36. The first-order valence-electron chi connectivity index (χ1n) is 6.28. The minimum absolute atomic E-state index is 0.257. The minimum Gasteiger partial charge on any atom is -0.312 e. The third kappa shape index (κ3) is 3.43. The van der Waals surface area contributed by atoms with E-state index in [4.69, 9.17) is 0 Å². The number of rotatable bonds is 6. The molecule has 0 aromatic carbocycles. The molecule has 94 valence electrons. The molecule has 16 heavy (non-hydrogen) atoms. The SMILES string of the molecule is CCS(=O)(=O)CCNC1CCN(C2CC2)C1. The zero-order valence-corrected chi connectivity index (χ0v) is 10.8. The van der Waals surface area contributed by atoms with Crippen LogP contribution in [0.5, 0.6) is 0 Å². The summed E-state index contributed by atoms with van der Waals surface area (Å²) >= 11 is 0. The van der Waals surface area contributed by atoms with Crippen LogP contribution >= 0.6 is 0 Å². The number of hydrogen-bond donors (Lipinski definition) is 1. The first-order chi connectivity index (χ1) is 7.61. The molecule has 2 aliphatic rings. The van der Waals surface area contributed by atoms with Crippen molar-refractivity contribution in [2.45, 2.75) is 38.3 Å². The van der Waals surface area contributed by atoms with E-state index in [1.165, 1.54) is 25.8 Å². The number of hydrogen-bond acceptors (Lipinski definition) is 4. The molecule has 1 N–H and O–H groups in total. The molecule has 0 radical (unpaired) electrons. The third-order valence-electron chi connectivity index (χ3n) is 3.57. The molecule has 1 aliphatic heterocycles. The summed E-state index contributed by atoms with van der Waals surface area (Å²) in [5, 5.41) is 3.36. The maximum atomic E-state index is 11.3. The highest BCUT2D eigenvalue weighted by Gasteiger charge is 2.34. The van der Waals surface area contributed by atoms with Gasteiger partial charge in [0.2, 0.25) is 0 Å². The Labute approximate surface area is 98.3 Å². The fraction of sp³-hybridized carbons (Fsp3) is 1.00. The summed E-state index contributed by atoms with van der Waals surface area (Å²) < 4.78 is 22.6. The van der Waals surface area contributed by atoms with Crippen LogP contribution in [0.3, 0.4) is 0 Å². The lowest BCUT2D eigenvalue weighted by atomic mass is 10.3. The van der Waals surface area contributed by atoms with Crippen LogP contribution in [0.2, 0.25) is 0 Å². The Bertz CT molecular complexity index is 325. The standard InChI is InChI=1S/C11H22N2O2S/c1-2-16(14,15)8-6-12-10-5-7-13(9-10)11-3-4-11/h10-12H,2-9H2,1H3. The summed E-state index contributed by atoms with van der Waals surface area (Å²) in [6.07, 6.45) is 3.89. The Hall–Kier alpha value is -0.130. The molecule has 0 bridgehead atoms. The van der Waals surface area contributed by atoms with Crippen LogP contribution in [0, 0.1) is 0 Å². The second-order valence-electron chi connectivity index (χ2n) is 4.90. The average molecular weight is 246 g/mol.